The first kappa shape index (κ1) is 22.1. The van der Waals surface area contributed by atoms with Crippen LogP contribution in [0, 0.1) is 5.92 Å². The van der Waals surface area contributed by atoms with Gasteiger partial charge in [-0.05, 0) is 29.0 Å². The molecule has 8 heteroatoms. The third kappa shape index (κ3) is 7.05. The van der Waals surface area contributed by atoms with E-state index in [4.69, 9.17) is 0 Å². The van der Waals surface area contributed by atoms with Gasteiger partial charge < -0.3 is 0 Å². The minimum Gasteiger partial charge on any atom is -0.213 e. The predicted octanol–water partition coefficient (Wildman–Crippen LogP) is 2.18. The minimum absolute atomic E-state index is 0.0309. The summed E-state index contributed by atoms with van der Waals surface area (Å²) in [5, 5.41) is 0. The summed E-state index contributed by atoms with van der Waals surface area (Å²) in [6.45, 7) is 10.5. The first-order valence-electron chi connectivity index (χ1n) is 8.29. The highest BCUT2D eigenvalue weighted by molar-refractivity contribution is 7.89. The molecule has 0 aromatic heterocycles. The topological polar surface area (TPSA) is 83.6 Å². The van der Waals surface area contributed by atoms with Gasteiger partial charge >= 0.3 is 0 Å². The molecule has 1 aromatic carbocycles. The SMILES string of the molecule is CC(C)CN(CCNS(=O)(=O)c1ccc(C(C)(C)C)cc1)S(C)(=O)=O. The zero-order valence-corrected chi connectivity index (χ0v) is 17.5. The van der Waals surface area contributed by atoms with Crippen LogP contribution in [0.3, 0.4) is 0 Å². The monoisotopic (exact) mass is 390 g/mol. The Labute approximate surface area is 152 Å². The van der Waals surface area contributed by atoms with Gasteiger partial charge in [0.25, 0.3) is 0 Å². The van der Waals surface area contributed by atoms with Crippen LogP contribution < -0.4 is 4.72 Å². The number of hydrogen-bond acceptors (Lipinski definition) is 4. The molecule has 0 heterocycles. The number of hydrogen-bond donors (Lipinski definition) is 1. The normalized spacial score (nSPS) is 13.6. The molecule has 0 unspecified atom stereocenters. The Morgan fingerprint density at radius 3 is 1.96 bits per heavy atom. The molecule has 0 saturated heterocycles. The van der Waals surface area contributed by atoms with E-state index < -0.39 is 20.0 Å². The van der Waals surface area contributed by atoms with E-state index in [-0.39, 0.29) is 29.3 Å². The van der Waals surface area contributed by atoms with E-state index in [1.165, 1.54) is 4.31 Å². The van der Waals surface area contributed by atoms with E-state index in [0.29, 0.717) is 6.54 Å². The maximum atomic E-state index is 12.4. The fourth-order valence-electron chi connectivity index (χ4n) is 2.32. The van der Waals surface area contributed by atoms with Crippen LogP contribution in [0.25, 0.3) is 0 Å². The van der Waals surface area contributed by atoms with Gasteiger partial charge in [-0.2, -0.15) is 0 Å². The number of nitrogens with zero attached hydrogens (tertiary/aromatic N) is 1. The second-order valence-electron chi connectivity index (χ2n) is 7.69. The molecule has 6 nitrogen and oxygen atoms in total. The molecule has 0 aliphatic carbocycles. The largest absolute Gasteiger partial charge is 0.240 e. The maximum Gasteiger partial charge on any atom is 0.240 e. The average Bonchev–Trinajstić information content (AvgIpc) is 2.44. The summed E-state index contributed by atoms with van der Waals surface area (Å²) in [4.78, 5) is 0.176. The Kier molecular flexibility index (Phi) is 7.21. The van der Waals surface area contributed by atoms with Crippen LogP contribution in [0.15, 0.2) is 29.2 Å². The predicted molar refractivity (Wildman–Crippen MR) is 102 cm³/mol. The summed E-state index contributed by atoms with van der Waals surface area (Å²) >= 11 is 0. The standard InChI is InChI=1S/C17H30N2O4S2/c1-14(2)13-19(24(6,20)21)12-11-18-25(22,23)16-9-7-15(8-10-16)17(3,4)5/h7-10,14,18H,11-13H2,1-6H3. The number of rotatable bonds is 8. The van der Waals surface area contributed by atoms with Crippen molar-refractivity contribution in [3.63, 3.8) is 0 Å². The Morgan fingerprint density at radius 1 is 1.04 bits per heavy atom. The van der Waals surface area contributed by atoms with Crippen LogP contribution in [0.5, 0.6) is 0 Å². The molecule has 0 aliphatic heterocycles. The molecule has 0 spiro atoms. The van der Waals surface area contributed by atoms with Crippen molar-refractivity contribution >= 4 is 20.0 Å². The van der Waals surface area contributed by atoms with Crippen molar-refractivity contribution in [2.75, 3.05) is 25.9 Å². The van der Waals surface area contributed by atoms with Gasteiger partial charge in [0.05, 0.1) is 11.2 Å². The Balaban J connectivity index is 2.78. The molecule has 0 amide bonds. The molecule has 1 aromatic rings. The molecule has 0 saturated carbocycles. The van der Waals surface area contributed by atoms with Crippen molar-refractivity contribution in [2.24, 2.45) is 5.92 Å². The van der Waals surface area contributed by atoms with Crippen LogP contribution in [0.4, 0.5) is 0 Å². The minimum atomic E-state index is -3.66. The highest BCUT2D eigenvalue weighted by Gasteiger charge is 2.20. The smallest absolute Gasteiger partial charge is 0.213 e. The second-order valence-corrected chi connectivity index (χ2v) is 11.4. The summed E-state index contributed by atoms with van der Waals surface area (Å²) < 4.78 is 52.1. The average molecular weight is 391 g/mol. The van der Waals surface area contributed by atoms with Crippen LogP contribution in [0.1, 0.15) is 40.2 Å². The number of benzene rings is 1. The molecule has 0 radical (unpaired) electrons. The second kappa shape index (κ2) is 8.16. The Hall–Kier alpha value is -0.960. The molecule has 1 N–H and O–H groups in total. The van der Waals surface area contributed by atoms with Gasteiger partial charge in [-0.3, -0.25) is 0 Å². The molecular weight excluding hydrogens is 360 g/mol. The first-order chi connectivity index (χ1) is 11.2. The van der Waals surface area contributed by atoms with Crippen molar-refractivity contribution in [1.29, 1.82) is 0 Å². The molecule has 0 bridgehead atoms. The summed E-state index contributed by atoms with van der Waals surface area (Å²) in [5.41, 5.74) is 0.995. The fraction of sp³-hybridized carbons (Fsp3) is 0.647. The lowest BCUT2D eigenvalue weighted by Crippen LogP contribution is -2.39. The van der Waals surface area contributed by atoms with Crippen LogP contribution >= 0.6 is 0 Å². The maximum absolute atomic E-state index is 12.4. The van der Waals surface area contributed by atoms with E-state index in [0.717, 1.165) is 11.8 Å². The van der Waals surface area contributed by atoms with Gasteiger partial charge in [0, 0.05) is 19.6 Å². The lowest BCUT2D eigenvalue weighted by Gasteiger charge is -2.22. The van der Waals surface area contributed by atoms with Gasteiger partial charge in [0.15, 0.2) is 0 Å². The molecule has 0 atom stereocenters. The van der Waals surface area contributed by atoms with Crippen molar-refractivity contribution < 1.29 is 16.8 Å². The summed E-state index contributed by atoms with van der Waals surface area (Å²) in [5.74, 6) is 0.163. The number of sulfonamides is 2. The van der Waals surface area contributed by atoms with E-state index in [1.807, 2.05) is 13.8 Å². The van der Waals surface area contributed by atoms with Crippen molar-refractivity contribution in [1.82, 2.24) is 9.03 Å². The van der Waals surface area contributed by atoms with Gasteiger partial charge in [0.2, 0.25) is 20.0 Å². The molecule has 0 fully saturated rings. The van der Waals surface area contributed by atoms with Gasteiger partial charge in [0.1, 0.15) is 0 Å². The highest BCUT2D eigenvalue weighted by atomic mass is 32.2. The third-order valence-corrected chi connectivity index (χ3v) is 6.47. The van der Waals surface area contributed by atoms with E-state index >= 15 is 0 Å². The summed E-state index contributed by atoms with van der Waals surface area (Å²) in [7, 11) is -7.03. The van der Waals surface area contributed by atoms with Crippen LogP contribution in [0.2, 0.25) is 0 Å². The quantitative estimate of drug-likeness (QED) is 0.737. The fourth-order valence-corrected chi connectivity index (χ4v) is 4.33. The lowest BCUT2D eigenvalue weighted by atomic mass is 9.87. The van der Waals surface area contributed by atoms with Gasteiger partial charge in [-0.15, -0.1) is 0 Å². The first-order valence-corrected chi connectivity index (χ1v) is 11.6. The highest BCUT2D eigenvalue weighted by Crippen LogP contribution is 2.23. The molecule has 144 valence electrons. The van der Waals surface area contributed by atoms with Crippen molar-refractivity contribution in [3.05, 3.63) is 29.8 Å². The molecule has 0 aliphatic rings. The zero-order chi connectivity index (χ0) is 19.5. The van der Waals surface area contributed by atoms with Gasteiger partial charge in [-0.1, -0.05) is 46.8 Å². The Morgan fingerprint density at radius 2 is 1.56 bits per heavy atom. The van der Waals surface area contributed by atoms with E-state index in [2.05, 4.69) is 25.5 Å². The number of nitrogens with one attached hydrogen (secondary N) is 1. The summed E-state index contributed by atoms with van der Waals surface area (Å²) in [6.07, 6.45) is 1.13. The molecule has 1 rings (SSSR count). The zero-order valence-electron chi connectivity index (χ0n) is 15.9. The molecule has 25 heavy (non-hydrogen) atoms. The summed E-state index contributed by atoms with van der Waals surface area (Å²) in [6, 6.07) is 6.75. The Bertz CT molecular complexity index is 762. The van der Waals surface area contributed by atoms with E-state index in [9.17, 15) is 16.8 Å². The van der Waals surface area contributed by atoms with Crippen molar-refractivity contribution in [2.45, 2.75) is 44.9 Å². The lowest BCUT2D eigenvalue weighted by molar-refractivity contribution is 0.372. The molecular formula is C17H30N2O4S2. The van der Waals surface area contributed by atoms with E-state index in [1.54, 1.807) is 24.3 Å². The van der Waals surface area contributed by atoms with Gasteiger partial charge in [-0.25, -0.2) is 25.9 Å². The van der Waals surface area contributed by atoms with Crippen molar-refractivity contribution in [3.8, 4) is 0 Å². The van der Waals surface area contributed by atoms with Crippen LogP contribution in [-0.4, -0.2) is 47.0 Å². The van der Waals surface area contributed by atoms with Crippen LogP contribution in [-0.2, 0) is 25.5 Å². The third-order valence-electron chi connectivity index (χ3n) is 3.72.